The Kier molecular flexibility index (Phi) is 10.9. The van der Waals surface area contributed by atoms with Crippen LogP contribution in [0.25, 0.3) is 0 Å². The third kappa shape index (κ3) is 9.58. The first-order valence-corrected chi connectivity index (χ1v) is 8.44. The molecule has 0 amide bonds. The molecule has 0 saturated carbocycles. The van der Waals surface area contributed by atoms with E-state index in [1.807, 2.05) is 19.9 Å². The molecule has 0 spiro atoms. The highest BCUT2D eigenvalue weighted by Crippen LogP contribution is 2.47. The molecule has 4 heteroatoms. The van der Waals surface area contributed by atoms with Crippen molar-refractivity contribution in [2.75, 3.05) is 19.4 Å². The lowest BCUT2D eigenvalue weighted by molar-refractivity contribution is 0.222. The first kappa shape index (κ1) is 16.9. The van der Waals surface area contributed by atoms with E-state index in [1.54, 1.807) is 0 Å². The molecule has 102 valence electrons. The van der Waals surface area contributed by atoms with Gasteiger partial charge in [0.25, 0.3) is 0 Å². The van der Waals surface area contributed by atoms with Gasteiger partial charge >= 0.3 is 7.60 Å². The maximum Gasteiger partial charge on any atom is 0.334 e. The third-order valence-electron chi connectivity index (χ3n) is 2.37. The van der Waals surface area contributed by atoms with E-state index in [0.717, 1.165) is 6.42 Å². The molecule has 0 fully saturated rings. The summed E-state index contributed by atoms with van der Waals surface area (Å²) in [6.45, 7) is 6.74. The molecule has 0 N–H and O–H groups in total. The molecule has 0 aromatic carbocycles. The van der Waals surface area contributed by atoms with Gasteiger partial charge in [0.1, 0.15) is 0 Å². The highest BCUT2D eigenvalue weighted by molar-refractivity contribution is 7.54. The highest BCUT2D eigenvalue weighted by Gasteiger charge is 2.20. The smallest absolute Gasteiger partial charge is 0.309 e. The average molecular weight is 262 g/mol. The van der Waals surface area contributed by atoms with Crippen molar-refractivity contribution in [3.63, 3.8) is 0 Å². The van der Waals surface area contributed by atoms with Crippen LogP contribution in [-0.2, 0) is 13.6 Å². The molecular formula is C13H27O3P. The van der Waals surface area contributed by atoms with Gasteiger partial charge in [-0.3, -0.25) is 4.57 Å². The standard InChI is InChI=1S/C13H27O3P/c1-4-7-8-9-10-11-12-13-17(14,15-5-2)16-6-3/h11-12H,4-10,13H2,1-3H3/b12-11+. The molecule has 0 aromatic heterocycles. The maximum absolute atomic E-state index is 12.1. The van der Waals surface area contributed by atoms with Crippen LogP contribution in [-0.4, -0.2) is 19.4 Å². The summed E-state index contributed by atoms with van der Waals surface area (Å²) in [4.78, 5) is 0. The van der Waals surface area contributed by atoms with E-state index in [2.05, 4.69) is 13.0 Å². The van der Waals surface area contributed by atoms with Crippen molar-refractivity contribution in [1.82, 2.24) is 0 Å². The molecule has 0 aliphatic rings. The summed E-state index contributed by atoms with van der Waals surface area (Å²) in [5.41, 5.74) is 0. The second-order valence-electron chi connectivity index (χ2n) is 3.95. The maximum atomic E-state index is 12.1. The number of allylic oxidation sites excluding steroid dienone is 2. The summed E-state index contributed by atoms with van der Waals surface area (Å²) in [6, 6.07) is 0. The molecule has 0 unspecified atom stereocenters. The largest absolute Gasteiger partial charge is 0.334 e. The van der Waals surface area contributed by atoms with Crippen LogP contribution in [0.5, 0.6) is 0 Å². The van der Waals surface area contributed by atoms with Crippen LogP contribution in [0.15, 0.2) is 12.2 Å². The molecular weight excluding hydrogens is 235 g/mol. The minimum atomic E-state index is -2.87. The molecule has 0 aliphatic carbocycles. The molecule has 17 heavy (non-hydrogen) atoms. The van der Waals surface area contributed by atoms with E-state index in [9.17, 15) is 4.57 Å². The molecule has 0 aliphatic heterocycles. The second kappa shape index (κ2) is 11.0. The van der Waals surface area contributed by atoms with Crippen LogP contribution in [0.4, 0.5) is 0 Å². The third-order valence-corrected chi connectivity index (χ3v) is 4.33. The fourth-order valence-electron chi connectivity index (χ4n) is 1.55. The summed E-state index contributed by atoms with van der Waals surface area (Å²) >= 11 is 0. The molecule has 3 nitrogen and oxygen atoms in total. The van der Waals surface area contributed by atoms with Crippen molar-refractivity contribution < 1.29 is 13.6 Å². The first-order valence-electron chi connectivity index (χ1n) is 6.71. The summed E-state index contributed by atoms with van der Waals surface area (Å²) in [5.74, 6) is 0. The summed E-state index contributed by atoms with van der Waals surface area (Å²) in [6.07, 6.45) is 10.5. The topological polar surface area (TPSA) is 35.5 Å². The molecule has 0 atom stereocenters. The van der Waals surface area contributed by atoms with E-state index >= 15 is 0 Å². The van der Waals surface area contributed by atoms with Gasteiger partial charge in [0.05, 0.1) is 19.4 Å². The highest BCUT2D eigenvalue weighted by atomic mass is 31.2. The zero-order valence-electron chi connectivity index (χ0n) is 11.5. The minimum absolute atomic E-state index is 0.391. The number of hydrogen-bond acceptors (Lipinski definition) is 3. The zero-order valence-corrected chi connectivity index (χ0v) is 12.4. The molecule has 0 rings (SSSR count). The number of hydrogen-bond donors (Lipinski definition) is 0. The Morgan fingerprint density at radius 2 is 1.59 bits per heavy atom. The molecule has 0 aromatic rings. The van der Waals surface area contributed by atoms with E-state index < -0.39 is 7.60 Å². The average Bonchev–Trinajstić information content (AvgIpc) is 2.28. The van der Waals surface area contributed by atoms with Crippen LogP contribution in [0, 0.1) is 0 Å². The molecule has 0 bridgehead atoms. The Labute approximate surface area is 106 Å². The summed E-state index contributed by atoms with van der Waals surface area (Å²) < 4.78 is 22.4. The number of rotatable bonds is 11. The Morgan fingerprint density at radius 1 is 0.941 bits per heavy atom. The number of unbranched alkanes of at least 4 members (excludes halogenated alkanes) is 4. The van der Waals surface area contributed by atoms with Gasteiger partial charge in [-0.1, -0.05) is 38.3 Å². The van der Waals surface area contributed by atoms with Gasteiger partial charge in [-0.15, -0.1) is 0 Å². The van der Waals surface area contributed by atoms with Crippen molar-refractivity contribution in [1.29, 1.82) is 0 Å². The van der Waals surface area contributed by atoms with Gasteiger partial charge in [0, 0.05) is 0 Å². The van der Waals surface area contributed by atoms with Crippen molar-refractivity contribution in [2.45, 2.75) is 52.9 Å². The lowest BCUT2D eigenvalue weighted by atomic mass is 10.1. The van der Waals surface area contributed by atoms with Crippen LogP contribution in [0.1, 0.15) is 52.9 Å². The van der Waals surface area contributed by atoms with Crippen molar-refractivity contribution in [2.24, 2.45) is 0 Å². The zero-order chi connectivity index (χ0) is 13.0. The Hall–Kier alpha value is -0.110. The Bertz CT molecular complexity index is 229. The van der Waals surface area contributed by atoms with Gasteiger partial charge < -0.3 is 9.05 Å². The molecule has 0 radical (unpaired) electrons. The van der Waals surface area contributed by atoms with Gasteiger partial charge in [-0.2, -0.15) is 0 Å². The van der Waals surface area contributed by atoms with Crippen LogP contribution < -0.4 is 0 Å². The van der Waals surface area contributed by atoms with Crippen LogP contribution in [0.2, 0.25) is 0 Å². The van der Waals surface area contributed by atoms with Crippen molar-refractivity contribution in [3.8, 4) is 0 Å². The normalized spacial score (nSPS) is 12.4. The van der Waals surface area contributed by atoms with Crippen LogP contribution >= 0.6 is 7.60 Å². The van der Waals surface area contributed by atoms with E-state index in [0.29, 0.717) is 19.4 Å². The predicted molar refractivity (Wildman–Crippen MR) is 73.6 cm³/mol. The van der Waals surface area contributed by atoms with Gasteiger partial charge in [-0.25, -0.2) is 0 Å². The Balaban J connectivity index is 3.80. The lowest BCUT2D eigenvalue weighted by Crippen LogP contribution is -1.98. The fraction of sp³-hybridized carbons (Fsp3) is 0.846. The minimum Gasteiger partial charge on any atom is -0.309 e. The van der Waals surface area contributed by atoms with Gasteiger partial charge in [-0.05, 0) is 26.7 Å². The second-order valence-corrected chi connectivity index (χ2v) is 6.05. The van der Waals surface area contributed by atoms with Crippen molar-refractivity contribution in [3.05, 3.63) is 12.2 Å². The quantitative estimate of drug-likeness (QED) is 0.305. The molecule has 0 heterocycles. The Morgan fingerprint density at radius 3 is 2.12 bits per heavy atom. The summed E-state index contributed by atoms with van der Waals surface area (Å²) in [5, 5.41) is 0. The van der Waals surface area contributed by atoms with E-state index in [-0.39, 0.29) is 0 Å². The molecule has 0 saturated heterocycles. The van der Waals surface area contributed by atoms with Crippen LogP contribution in [0.3, 0.4) is 0 Å². The SMILES string of the molecule is CCCCCC/C=C/CP(=O)(OCC)OCC. The first-order chi connectivity index (χ1) is 8.18. The van der Waals surface area contributed by atoms with E-state index in [1.165, 1.54) is 25.7 Å². The fourth-order valence-corrected chi connectivity index (χ4v) is 3.03. The van der Waals surface area contributed by atoms with Gasteiger partial charge in [0.2, 0.25) is 0 Å². The predicted octanol–water partition coefficient (Wildman–Crippen LogP) is 4.78. The monoisotopic (exact) mass is 262 g/mol. The van der Waals surface area contributed by atoms with Gasteiger partial charge in [0.15, 0.2) is 0 Å². The summed E-state index contributed by atoms with van der Waals surface area (Å²) in [7, 11) is -2.87. The van der Waals surface area contributed by atoms with Crippen molar-refractivity contribution >= 4 is 7.60 Å². The lowest BCUT2D eigenvalue weighted by Gasteiger charge is -2.14. The van der Waals surface area contributed by atoms with E-state index in [4.69, 9.17) is 9.05 Å².